The Morgan fingerprint density at radius 3 is 2.52 bits per heavy atom. The SMILES string of the molecule is Cc1cc2n(c1C(N)=O)CC(NC1(c3cn[nH]n3)CC(F)(F)C1)(c1ccc(F)cc1)C2. The minimum atomic E-state index is -2.83. The van der Waals surface area contributed by atoms with E-state index in [1.54, 1.807) is 12.1 Å². The molecule has 2 aromatic heterocycles. The van der Waals surface area contributed by atoms with E-state index in [0.29, 0.717) is 17.8 Å². The van der Waals surface area contributed by atoms with Crippen LogP contribution in [0.25, 0.3) is 0 Å². The Kier molecular flexibility index (Phi) is 4.11. The van der Waals surface area contributed by atoms with E-state index < -0.39 is 41.6 Å². The number of carbonyl (C=O) groups excluding carboxylic acids is 1. The van der Waals surface area contributed by atoms with Gasteiger partial charge in [0, 0.05) is 31.5 Å². The number of nitrogens with zero attached hydrogens (tertiary/aromatic N) is 3. The van der Waals surface area contributed by atoms with E-state index in [0.717, 1.165) is 16.8 Å². The van der Waals surface area contributed by atoms with Crippen molar-refractivity contribution in [2.24, 2.45) is 5.73 Å². The van der Waals surface area contributed by atoms with Crippen LogP contribution in [-0.4, -0.2) is 31.8 Å². The van der Waals surface area contributed by atoms with Crippen LogP contribution in [0, 0.1) is 12.7 Å². The zero-order valence-corrected chi connectivity index (χ0v) is 16.8. The number of aromatic nitrogens is 4. The number of alkyl halides is 2. The third-order valence-electron chi connectivity index (χ3n) is 6.42. The van der Waals surface area contributed by atoms with Gasteiger partial charge in [-0.3, -0.25) is 10.1 Å². The number of benzene rings is 1. The van der Waals surface area contributed by atoms with Crippen LogP contribution in [0.4, 0.5) is 13.2 Å². The quantitative estimate of drug-likeness (QED) is 0.579. The number of fused-ring (bicyclic) bond motifs is 1. The lowest BCUT2D eigenvalue weighted by molar-refractivity contribution is -0.148. The van der Waals surface area contributed by atoms with Crippen molar-refractivity contribution in [2.75, 3.05) is 0 Å². The molecule has 0 saturated heterocycles. The molecule has 1 atom stereocenters. The number of nitrogens with two attached hydrogens (primary N) is 1. The molecule has 1 aliphatic heterocycles. The molecule has 162 valence electrons. The first-order chi connectivity index (χ1) is 14.6. The van der Waals surface area contributed by atoms with Gasteiger partial charge in [0.15, 0.2) is 0 Å². The molecule has 7 nitrogen and oxygen atoms in total. The standard InChI is InChI=1S/C21H21F3N6O/c1-12-6-15-7-19(11-30(15)17(12)18(25)31,13-2-4-14(22)5-3-13)28-20(9-21(23,24)10-20)16-8-26-29-27-16/h2-6,8,28H,7,9-11H2,1H3,(H2,25,31)(H,26,27,29). The second-order valence-corrected chi connectivity index (χ2v) is 8.66. The van der Waals surface area contributed by atoms with Crippen molar-refractivity contribution >= 4 is 5.91 Å². The summed E-state index contributed by atoms with van der Waals surface area (Å²) < 4.78 is 43.7. The lowest BCUT2D eigenvalue weighted by atomic mass is 9.69. The van der Waals surface area contributed by atoms with Crippen molar-refractivity contribution in [1.82, 2.24) is 25.3 Å². The van der Waals surface area contributed by atoms with Crippen LogP contribution in [-0.2, 0) is 24.0 Å². The van der Waals surface area contributed by atoms with E-state index in [9.17, 15) is 18.0 Å². The molecule has 1 amide bonds. The normalized spacial score (nSPS) is 23.4. The Morgan fingerprint density at radius 2 is 1.94 bits per heavy atom. The highest BCUT2D eigenvalue weighted by molar-refractivity contribution is 5.93. The number of hydrogen-bond donors (Lipinski definition) is 3. The molecule has 1 saturated carbocycles. The molecule has 10 heteroatoms. The molecular weight excluding hydrogens is 409 g/mol. The molecule has 1 aliphatic carbocycles. The van der Waals surface area contributed by atoms with Crippen LogP contribution >= 0.6 is 0 Å². The van der Waals surface area contributed by atoms with Gasteiger partial charge < -0.3 is 10.3 Å². The van der Waals surface area contributed by atoms with Gasteiger partial charge in [0.1, 0.15) is 17.2 Å². The number of aryl methyl sites for hydroxylation is 1. The van der Waals surface area contributed by atoms with Crippen LogP contribution in [0.5, 0.6) is 0 Å². The third kappa shape index (κ3) is 3.04. The summed E-state index contributed by atoms with van der Waals surface area (Å²) >= 11 is 0. The largest absolute Gasteiger partial charge is 0.364 e. The number of H-pyrrole nitrogens is 1. The van der Waals surface area contributed by atoms with Gasteiger partial charge in [0.2, 0.25) is 0 Å². The molecular formula is C21H21F3N6O. The van der Waals surface area contributed by atoms with Crippen molar-refractivity contribution < 1.29 is 18.0 Å². The highest BCUT2D eigenvalue weighted by atomic mass is 19.3. The van der Waals surface area contributed by atoms with Crippen LogP contribution in [0.15, 0.2) is 36.5 Å². The number of aromatic amines is 1. The molecule has 0 spiro atoms. The minimum Gasteiger partial charge on any atom is -0.364 e. The van der Waals surface area contributed by atoms with Crippen molar-refractivity contribution in [3.05, 3.63) is 70.6 Å². The van der Waals surface area contributed by atoms with Gasteiger partial charge >= 0.3 is 0 Å². The molecule has 1 fully saturated rings. The van der Waals surface area contributed by atoms with Crippen molar-refractivity contribution in [2.45, 2.75) is 49.7 Å². The Balaban J connectivity index is 1.61. The molecule has 3 aromatic rings. The number of primary amides is 1. The minimum absolute atomic E-state index is 0.283. The summed E-state index contributed by atoms with van der Waals surface area (Å²) in [5.74, 6) is -3.79. The van der Waals surface area contributed by atoms with E-state index >= 15 is 0 Å². The summed E-state index contributed by atoms with van der Waals surface area (Å²) in [6.45, 7) is 2.09. The van der Waals surface area contributed by atoms with Crippen LogP contribution < -0.4 is 11.1 Å². The van der Waals surface area contributed by atoms with E-state index in [2.05, 4.69) is 20.7 Å². The van der Waals surface area contributed by atoms with Gasteiger partial charge in [-0.15, -0.1) is 0 Å². The average Bonchev–Trinajstić information content (AvgIpc) is 3.35. The van der Waals surface area contributed by atoms with Crippen LogP contribution in [0.3, 0.4) is 0 Å². The fourth-order valence-corrected chi connectivity index (χ4v) is 5.22. The fraction of sp³-hybridized carbons (Fsp3) is 0.381. The second-order valence-electron chi connectivity index (χ2n) is 8.66. The number of nitrogens with one attached hydrogen (secondary N) is 2. The zero-order chi connectivity index (χ0) is 22.0. The van der Waals surface area contributed by atoms with Gasteiger partial charge in [0.05, 0.1) is 17.3 Å². The molecule has 5 rings (SSSR count). The predicted octanol–water partition coefficient (Wildman–Crippen LogP) is 2.52. The number of hydrogen-bond acceptors (Lipinski definition) is 4. The lowest BCUT2D eigenvalue weighted by Gasteiger charge is -2.51. The van der Waals surface area contributed by atoms with Gasteiger partial charge in [-0.1, -0.05) is 12.1 Å². The predicted molar refractivity (Wildman–Crippen MR) is 105 cm³/mol. The third-order valence-corrected chi connectivity index (χ3v) is 6.42. The first-order valence-corrected chi connectivity index (χ1v) is 9.91. The number of halogens is 3. The van der Waals surface area contributed by atoms with Gasteiger partial charge in [-0.2, -0.15) is 15.4 Å². The molecule has 3 heterocycles. The Labute approximate surface area is 175 Å². The van der Waals surface area contributed by atoms with E-state index in [-0.39, 0.29) is 6.54 Å². The number of carbonyl (C=O) groups is 1. The molecule has 0 radical (unpaired) electrons. The Morgan fingerprint density at radius 1 is 1.23 bits per heavy atom. The van der Waals surface area contributed by atoms with Crippen LogP contribution in [0.1, 0.15) is 45.8 Å². The first-order valence-electron chi connectivity index (χ1n) is 9.91. The van der Waals surface area contributed by atoms with Gasteiger partial charge in [0.25, 0.3) is 11.8 Å². The Hall–Kier alpha value is -3.14. The van der Waals surface area contributed by atoms with E-state index in [1.165, 1.54) is 18.3 Å². The maximum Gasteiger partial charge on any atom is 0.265 e. The van der Waals surface area contributed by atoms with Crippen molar-refractivity contribution in [3.8, 4) is 0 Å². The van der Waals surface area contributed by atoms with Crippen LogP contribution in [0.2, 0.25) is 0 Å². The maximum atomic E-state index is 14.1. The average molecular weight is 430 g/mol. The molecule has 1 unspecified atom stereocenters. The summed E-state index contributed by atoms with van der Waals surface area (Å²) in [5.41, 5.74) is 6.74. The van der Waals surface area contributed by atoms with E-state index in [1.807, 2.05) is 17.6 Å². The van der Waals surface area contributed by atoms with Gasteiger partial charge in [-0.25, -0.2) is 13.2 Å². The summed E-state index contributed by atoms with van der Waals surface area (Å²) in [5, 5.41) is 13.8. The monoisotopic (exact) mass is 430 g/mol. The molecule has 2 aliphatic rings. The zero-order valence-electron chi connectivity index (χ0n) is 16.8. The summed E-state index contributed by atoms with van der Waals surface area (Å²) in [6.07, 6.45) is 0.977. The topological polar surface area (TPSA) is 102 Å². The smallest absolute Gasteiger partial charge is 0.265 e. The maximum absolute atomic E-state index is 14.1. The fourth-order valence-electron chi connectivity index (χ4n) is 5.22. The highest BCUT2D eigenvalue weighted by Crippen LogP contribution is 2.53. The molecule has 4 N–H and O–H groups in total. The summed E-state index contributed by atoms with van der Waals surface area (Å²) in [6, 6.07) is 7.83. The highest BCUT2D eigenvalue weighted by Gasteiger charge is 2.62. The Bertz CT molecular complexity index is 1150. The molecule has 1 aromatic carbocycles. The summed E-state index contributed by atoms with van der Waals surface area (Å²) in [4.78, 5) is 12.1. The molecule has 0 bridgehead atoms. The lowest BCUT2D eigenvalue weighted by Crippen LogP contribution is -2.64. The van der Waals surface area contributed by atoms with Crippen molar-refractivity contribution in [3.63, 3.8) is 0 Å². The second kappa shape index (κ2) is 6.43. The number of rotatable bonds is 5. The van der Waals surface area contributed by atoms with Gasteiger partial charge in [-0.05, 0) is 36.2 Å². The van der Waals surface area contributed by atoms with E-state index in [4.69, 9.17) is 5.73 Å². The van der Waals surface area contributed by atoms with Crippen molar-refractivity contribution in [1.29, 1.82) is 0 Å². The molecule has 31 heavy (non-hydrogen) atoms. The first kappa shape index (κ1) is 19.8. The summed E-state index contributed by atoms with van der Waals surface area (Å²) in [7, 11) is 0. The number of amides is 1.